The van der Waals surface area contributed by atoms with Crippen LogP contribution in [0.2, 0.25) is 0 Å². The Morgan fingerprint density at radius 3 is 1.03 bits per heavy atom. The number of fused-ring (bicyclic) bond motifs is 15. The Balaban J connectivity index is 0.000000117. The van der Waals surface area contributed by atoms with Crippen LogP contribution >= 0.6 is 0 Å². The van der Waals surface area contributed by atoms with E-state index < -0.39 is 33.3 Å². The van der Waals surface area contributed by atoms with Crippen LogP contribution in [0.25, 0.3) is 143 Å². The lowest BCUT2D eigenvalue weighted by atomic mass is 9.58. The number of Topliss-reactive ketones (excluding diaryl/α,β-unsaturated/α-hetero) is 4. The Bertz CT molecular complexity index is 8300. The molecule has 0 aliphatic heterocycles. The first-order chi connectivity index (χ1) is 68.8. The minimum atomic E-state index is -0.732. The molecule has 12 atom stereocenters. The summed E-state index contributed by atoms with van der Waals surface area (Å²) in [5.74, 6) is -2.14. The van der Waals surface area contributed by atoms with E-state index in [2.05, 4.69) is 60.1 Å². The van der Waals surface area contributed by atoms with Gasteiger partial charge in [0.05, 0.1) is 88.4 Å². The van der Waals surface area contributed by atoms with E-state index in [4.69, 9.17) is 61.2 Å². The number of carbonyl (C=O) groups excluding carboxylic acids is 4. The first-order valence-electron chi connectivity index (χ1n) is 47.9. The van der Waals surface area contributed by atoms with Gasteiger partial charge in [-0.3, -0.25) is 9.97 Å². The number of pyridine rings is 3. The van der Waals surface area contributed by atoms with Gasteiger partial charge in [0, 0.05) is 154 Å². The highest BCUT2D eigenvalue weighted by Gasteiger charge is 2.55. The van der Waals surface area contributed by atoms with Crippen molar-refractivity contribution in [1.82, 2.24) is 59.4 Å². The molecule has 0 saturated carbocycles. The molecule has 0 radical (unpaired) electrons. The van der Waals surface area contributed by atoms with E-state index >= 15 is 13.2 Å². The number of allylic oxidation sites excluding steroid dienone is 8. The van der Waals surface area contributed by atoms with E-state index in [1.54, 1.807) is 116 Å². The number of hydrogen-bond acceptors (Lipinski definition) is 15. The van der Waals surface area contributed by atoms with Gasteiger partial charge in [0.15, 0.2) is 46.4 Å². The third-order valence-corrected chi connectivity index (χ3v) is 31.2. The Kier molecular flexibility index (Phi) is 24.2. The average molecular weight is 1900 g/mol. The van der Waals surface area contributed by atoms with Crippen molar-refractivity contribution in [3.05, 3.63) is 385 Å². The quantitative estimate of drug-likeness (QED) is 0.102. The van der Waals surface area contributed by atoms with E-state index in [-0.39, 0.29) is 122 Å². The maximum absolute atomic E-state index is 15.2. The number of para-hydroxylation sites is 2. The molecule has 15 aromatic rings. The number of aryl methyl sites for hydroxylation is 3. The Labute approximate surface area is 823 Å². The molecule has 143 heavy (non-hydrogen) atoms. The van der Waals surface area contributed by atoms with E-state index in [9.17, 15) is 28.0 Å². The molecule has 23 rings (SSSR count). The Hall–Kier alpha value is -16.4. The second kappa shape index (κ2) is 36.7. The fourth-order valence-electron chi connectivity index (χ4n) is 24.0. The van der Waals surface area contributed by atoms with Gasteiger partial charge < -0.3 is 23.7 Å². The average Bonchev–Trinajstić information content (AvgIpc) is 1.41. The van der Waals surface area contributed by atoms with E-state index in [1.165, 1.54) is 30.3 Å². The largest absolute Gasteiger partial charge is 0.335 e. The minimum Gasteiger partial charge on any atom is -0.335 e. The van der Waals surface area contributed by atoms with Crippen LogP contribution in [0.5, 0.6) is 0 Å². The number of nitrogens with zero attached hydrogens (tertiary/aromatic N) is 16. The molecule has 0 amide bonds. The van der Waals surface area contributed by atoms with Crippen LogP contribution in [0, 0.1) is 117 Å². The van der Waals surface area contributed by atoms with Gasteiger partial charge in [-0.2, -0.15) is 0 Å². The number of ketones is 4. The summed E-state index contributed by atoms with van der Waals surface area (Å²) in [6.07, 6.45) is 17.9. The van der Waals surface area contributed by atoms with Crippen LogP contribution in [-0.4, -0.2) is 82.5 Å². The molecule has 8 aliphatic rings. The Morgan fingerprint density at radius 2 is 0.657 bits per heavy atom. The van der Waals surface area contributed by atoms with Crippen LogP contribution in [-0.2, 0) is 73.6 Å². The number of carbonyl (C=O) groups is 4. The van der Waals surface area contributed by atoms with Crippen molar-refractivity contribution in [2.45, 2.75) is 142 Å². The molecule has 0 spiro atoms. The summed E-state index contributed by atoms with van der Waals surface area (Å²) in [7, 11) is 1.92. The van der Waals surface area contributed by atoms with Crippen molar-refractivity contribution in [2.24, 2.45) is 54.4 Å². The summed E-state index contributed by atoms with van der Waals surface area (Å²) < 4.78 is 77.0. The zero-order valence-corrected chi connectivity index (χ0v) is 80.4. The molecule has 0 unspecified atom stereocenters. The van der Waals surface area contributed by atoms with Crippen LogP contribution in [0.4, 0.5) is 22.0 Å². The molecule has 8 aromatic heterocycles. The van der Waals surface area contributed by atoms with Crippen LogP contribution < -0.4 is 0 Å². The van der Waals surface area contributed by atoms with E-state index in [0.29, 0.717) is 100 Å². The summed E-state index contributed by atoms with van der Waals surface area (Å²) >= 11 is 0. The summed E-state index contributed by atoms with van der Waals surface area (Å²) in [6.45, 7) is 50.0. The number of benzene rings is 7. The summed E-state index contributed by atoms with van der Waals surface area (Å²) in [5, 5.41) is 2.74. The SMILES string of the molecule is [C-]#[N+]C1=C[C@@]2(C)c3nc(-c4cc(C)nc5ccccc45)nc(-c4ccccc4F)c3CC[C@@H]2[C@@H](C)C1=O.[C-]#[N+]C1=C[C@@]2(C)c3nc(-c4ccccc4F)nc(-c4ccccc4F)c3CC[C@@H]2[C@@H](C)C1=O.[C-]#[N+]C1=C[C@@]2(C)c3nc(-c4ccnc5c(C)cccc45)nc(-c4ccccc4F)c3CC[C@@H]2[C@@H](C)C1=O.[C-]#[N+]C1=C[C@@]2(C)c3nc(-c4cn(C)c5ncccc45)nc(-c4ccccc4F)c3CC[C@@H]2[C@@H](C)C1=O. The molecule has 0 saturated heterocycles. The number of aromatic nitrogens is 12. The van der Waals surface area contributed by atoms with Gasteiger partial charge in [-0.15, -0.1) is 0 Å². The van der Waals surface area contributed by atoms with E-state index in [0.717, 1.165) is 119 Å². The lowest BCUT2D eigenvalue weighted by molar-refractivity contribution is -0.122. The molecule has 8 aliphatic carbocycles. The highest BCUT2D eigenvalue weighted by atomic mass is 19.1. The number of halogens is 5. The van der Waals surface area contributed by atoms with E-state index in [1.807, 2.05) is 145 Å². The second-order valence-corrected chi connectivity index (χ2v) is 39.4. The van der Waals surface area contributed by atoms with Gasteiger partial charge in [0.1, 0.15) is 34.7 Å². The first kappa shape index (κ1) is 94.2. The van der Waals surface area contributed by atoms with Crippen molar-refractivity contribution < 1.29 is 41.1 Å². The molecule has 20 nitrogen and oxygen atoms in total. The molecule has 0 N–H and O–H groups in total. The number of rotatable bonds is 8. The maximum Gasteiger partial charge on any atom is 0.226 e. The molecule has 0 fully saturated rings. The molecule has 25 heteroatoms. The van der Waals surface area contributed by atoms with Gasteiger partial charge >= 0.3 is 0 Å². The predicted octanol–water partition coefficient (Wildman–Crippen LogP) is 24.9. The normalized spacial score (nSPS) is 23.0. The molecule has 7 aromatic carbocycles. The van der Waals surface area contributed by atoms with Crippen molar-refractivity contribution in [3.63, 3.8) is 0 Å². The van der Waals surface area contributed by atoms with Crippen molar-refractivity contribution in [3.8, 4) is 90.6 Å². The van der Waals surface area contributed by atoms with Gasteiger partial charge in [-0.05, 0) is 185 Å². The maximum atomic E-state index is 15.2. The van der Waals surface area contributed by atoms with Crippen molar-refractivity contribution in [1.29, 1.82) is 0 Å². The summed E-state index contributed by atoms with van der Waals surface area (Å²) in [6, 6.07) is 54.2. The third kappa shape index (κ3) is 15.8. The van der Waals surface area contributed by atoms with Gasteiger partial charge in [-0.25, -0.2) is 86.2 Å². The Morgan fingerprint density at radius 1 is 0.336 bits per heavy atom. The topological polar surface area (TPSA) is 232 Å². The fraction of sp³-hybridized carbons (Fsp3) is 0.263. The number of hydrogen-bond donors (Lipinski definition) is 0. The molecular weight excluding hydrogens is 1800 g/mol. The van der Waals surface area contributed by atoms with Crippen molar-refractivity contribution >= 4 is 56.0 Å². The molecule has 0 bridgehead atoms. The van der Waals surface area contributed by atoms with Crippen LogP contribution in [0.1, 0.15) is 137 Å². The van der Waals surface area contributed by atoms with Crippen molar-refractivity contribution in [2.75, 3.05) is 0 Å². The molecule has 8 heterocycles. The minimum absolute atomic E-state index is 0.00611. The zero-order valence-electron chi connectivity index (χ0n) is 80.4. The third-order valence-electron chi connectivity index (χ3n) is 31.2. The highest BCUT2D eigenvalue weighted by Crippen LogP contribution is 2.58. The zero-order chi connectivity index (χ0) is 100. The lowest BCUT2D eigenvalue weighted by Gasteiger charge is -2.46. The first-order valence-corrected chi connectivity index (χ1v) is 47.9. The van der Waals surface area contributed by atoms with Gasteiger partial charge in [-0.1, -0.05) is 177 Å². The smallest absolute Gasteiger partial charge is 0.226 e. The van der Waals surface area contributed by atoms with Crippen LogP contribution in [0.3, 0.4) is 0 Å². The van der Waals surface area contributed by atoms with Gasteiger partial charge in [0.25, 0.3) is 0 Å². The summed E-state index contributed by atoms with van der Waals surface area (Å²) in [4.78, 5) is 119. The summed E-state index contributed by atoms with van der Waals surface area (Å²) in [5.41, 5.74) is 15.0. The van der Waals surface area contributed by atoms with Crippen LogP contribution in [0.15, 0.2) is 254 Å². The predicted molar refractivity (Wildman–Crippen MR) is 538 cm³/mol. The van der Waals surface area contributed by atoms with Gasteiger partial charge in [0.2, 0.25) is 22.8 Å². The lowest BCUT2D eigenvalue weighted by Crippen LogP contribution is -2.46. The fourth-order valence-corrected chi connectivity index (χ4v) is 24.0. The monoisotopic (exact) mass is 1890 g/mol. The molecule has 706 valence electrons. The second-order valence-electron chi connectivity index (χ2n) is 39.4. The molecular formula is C118H95F5N16O4. The standard InChI is InChI=1S/2C31H25FN4O.C29H24FN5O.C27H21F2N3O/c1-17-15-22(19-9-6-8-12-25(19)34-17)30-35-27(20-10-5-7-11-24(20)32)21-13-14-23-18(2)28(37)26(33-4)16-31(23,3)29(21)36-30;1-17-8-7-10-19-20(14-15-34-26(17)19)30-35-27(21-9-5-6-11-24(21)32)22-12-13-23-18(2)28(37)25(33-4)16-31(23,3)29(22)36-30;1-16-21-12-11-19-24(18-8-5-6-10-22(18)30)33-27(20-15-35(4)28-17(20)9-7-13-32-28)34-26(19)29(21,2)14-23(31-3)25(16)36;1-15-19-13-12-18-23(16-8-4-6-10-20(16)28)31-26(17-9-5-7-11-21(17)29)32-25(18)27(19,2)14-22(30-3)24(15)33/h5-12,15-16,18,23H,13-14H2,1-3H3;5-11,14-16,18,23H,12-13H2,1-3H3;5-10,13-16,21H,11-12H2,1-2,4H3;4-11,14-15,19H,12-13H2,1-2H3/t2*18-,23-,31-;16-,21-,29-;15-,19-,27-/m1111/s1. The highest BCUT2D eigenvalue weighted by molar-refractivity contribution is 6.04.